The zero-order valence-electron chi connectivity index (χ0n) is 12.2. The lowest BCUT2D eigenvalue weighted by Crippen LogP contribution is -2.37. The Kier molecular flexibility index (Phi) is 4.23. The molecular weight excluding hydrogens is 244 g/mol. The average molecular weight is 268 g/mol. The molecule has 0 spiro atoms. The summed E-state index contributed by atoms with van der Waals surface area (Å²) in [6.45, 7) is 8.75. The van der Waals surface area contributed by atoms with Gasteiger partial charge in [-0.2, -0.15) is 4.98 Å². The normalized spacial score (nSPS) is 23.5. The van der Waals surface area contributed by atoms with E-state index >= 15 is 0 Å². The van der Waals surface area contributed by atoms with Crippen molar-refractivity contribution in [3.8, 4) is 0 Å². The standard InChI is InChI=1S/C13H24N4O2/c1-13(2,3)10(14)7-11-15-12(16-19-11)9-8-17(4)5-6-18-9/h9-10H,5-8,14H2,1-4H3. The van der Waals surface area contributed by atoms with E-state index in [9.17, 15) is 0 Å². The fourth-order valence-corrected chi connectivity index (χ4v) is 1.91. The van der Waals surface area contributed by atoms with Gasteiger partial charge < -0.3 is 19.9 Å². The summed E-state index contributed by atoms with van der Waals surface area (Å²) in [5.41, 5.74) is 6.15. The molecular formula is C13H24N4O2. The highest BCUT2D eigenvalue weighted by Crippen LogP contribution is 2.22. The molecule has 0 aromatic carbocycles. The molecule has 2 rings (SSSR count). The number of ether oxygens (including phenoxy) is 1. The van der Waals surface area contributed by atoms with Crippen LogP contribution in [0.4, 0.5) is 0 Å². The van der Waals surface area contributed by atoms with Gasteiger partial charge in [-0.3, -0.25) is 0 Å². The molecule has 2 N–H and O–H groups in total. The van der Waals surface area contributed by atoms with Crippen LogP contribution >= 0.6 is 0 Å². The molecule has 0 radical (unpaired) electrons. The quantitative estimate of drug-likeness (QED) is 0.881. The van der Waals surface area contributed by atoms with Crippen molar-refractivity contribution in [1.29, 1.82) is 0 Å². The Morgan fingerprint density at radius 1 is 1.47 bits per heavy atom. The first-order valence-corrected chi connectivity index (χ1v) is 6.74. The Morgan fingerprint density at radius 3 is 2.84 bits per heavy atom. The molecule has 1 saturated heterocycles. The smallest absolute Gasteiger partial charge is 0.228 e. The van der Waals surface area contributed by atoms with Crippen molar-refractivity contribution in [2.75, 3.05) is 26.7 Å². The van der Waals surface area contributed by atoms with Gasteiger partial charge in [0.15, 0.2) is 0 Å². The molecule has 2 unspecified atom stereocenters. The molecule has 2 heterocycles. The Morgan fingerprint density at radius 2 is 2.21 bits per heavy atom. The maximum absolute atomic E-state index is 6.13. The van der Waals surface area contributed by atoms with Crippen LogP contribution in [0.1, 0.15) is 38.6 Å². The van der Waals surface area contributed by atoms with Crippen LogP contribution in [0.15, 0.2) is 4.52 Å². The molecule has 1 fully saturated rings. The fraction of sp³-hybridized carbons (Fsp3) is 0.846. The molecule has 2 atom stereocenters. The first-order chi connectivity index (χ1) is 8.86. The van der Waals surface area contributed by atoms with Crippen molar-refractivity contribution in [3.05, 3.63) is 11.7 Å². The third kappa shape index (κ3) is 3.75. The Balaban J connectivity index is 1.99. The van der Waals surface area contributed by atoms with Gasteiger partial charge in [0, 0.05) is 25.6 Å². The van der Waals surface area contributed by atoms with Crippen LogP contribution in [-0.4, -0.2) is 47.8 Å². The zero-order valence-corrected chi connectivity index (χ0v) is 12.2. The number of nitrogens with zero attached hydrogens (tertiary/aromatic N) is 3. The maximum Gasteiger partial charge on any atom is 0.228 e. The van der Waals surface area contributed by atoms with E-state index in [-0.39, 0.29) is 17.6 Å². The second-order valence-electron chi connectivity index (χ2n) is 6.34. The molecule has 6 nitrogen and oxygen atoms in total. The van der Waals surface area contributed by atoms with Crippen LogP contribution in [0.5, 0.6) is 0 Å². The van der Waals surface area contributed by atoms with Crippen molar-refractivity contribution >= 4 is 0 Å². The van der Waals surface area contributed by atoms with Crippen LogP contribution in [0.25, 0.3) is 0 Å². The summed E-state index contributed by atoms with van der Waals surface area (Å²) in [6.07, 6.45) is 0.501. The van der Waals surface area contributed by atoms with Gasteiger partial charge in [0.2, 0.25) is 11.7 Å². The van der Waals surface area contributed by atoms with E-state index in [1.807, 2.05) is 0 Å². The summed E-state index contributed by atoms with van der Waals surface area (Å²) in [5, 5.41) is 4.02. The summed E-state index contributed by atoms with van der Waals surface area (Å²) >= 11 is 0. The third-order valence-electron chi connectivity index (χ3n) is 3.55. The molecule has 0 saturated carbocycles. The maximum atomic E-state index is 6.13. The number of nitrogens with two attached hydrogens (primary N) is 1. The highest BCUT2D eigenvalue weighted by Gasteiger charge is 2.27. The van der Waals surface area contributed by atoms with Crippen LogP contribution in [0.2, 0.25) is 0 Å². The number of hydrogen-bond donors (Lipinski definition) is 1. The van der Waals surface area contributed by atoms with Gasteiger partial charge in [-0.05, 0) is 12.5 Å². The lowest BCUT2D eigenvalue weighted by molar-refractivity contribution is -0.0264. The first kappa shape index (κ1) is 14.4. The molecule has 0 amide bonds. The van der Waals surface area contributed by atoms with Crippen LogP contribution < -0.4 is 5.73 Å². The molecule has 1 aromatic rings. The van der Waals surface area contributed by atoms with E-state index in [2.05, 4.69) is 42.9 Å². The first-order valence-electron chi connectivity index (χ1n) is 6.74. The van der Waals surface area contributed by atoms with E-state index in [0.29, 0.717) is 24.7 Å². The van der Waals surface area contributed by atoms with Crippen molar-refractivity contribution < 1.29 is 9.26 Å². The van der Waals surface area contributed by atoms with Crippen molar-refractivity contribution in [1.82, 2.24) is 15.0 Å². The fourth-order valence-electron chi connectivity index (χ4n) is 1.91. The van der Waals surface area contributed by atoms with Crippen LogP contribution in [0, 0.1) is 5.41 Å². The molecule has 1 aromatic heterocycles. The van der Waals surface area contributed by atoms with Gasteiger partial charge in [0.05, 0.1) is 6.61 Å². The average Bonchev–Trinajstić information content (AvgIpc) is 2.76. The summed E-state index contributed by atoms with van der Waals surface area (Å²) in [5.74, 6) is 1.22. The van der Waals surface area contributed by atoms with Crippen molar-refractivity contribution in [2.45, 2.75) is 39.3 Å². The second-order valence-corrected chi connectivity index (χ2v) is 6.34. The number of aromatic nitrogens is 2. The lowest BCUT2D eigenvalue weighted by atomic mass is 9.85. The van der Waals surface area contributed by atoms with Gasteiger partial charge in [-0.1, -0.05) is 25.9 Å². The van der Waals surface area contributed by atoms with E-state index in [4.69, 9.17) is 15.0 Å². The topological polar surface area (TPSA) is 77.4 Å². The summed E-state index contributed by atoms with van der Waals surface area (Å²) in [4.78, 5) is 6.61. The third-order valence-corrected chi connectivity index (χ3v) is 3.55. The molecule has 0 aliphatic carbocycles. The monoisotopic (exact) mass is 268 g/mol. The minimum absolute atomic E-state index is 0.00394. The molecule has 1 aliphatic heterocycles. The van der Waals surface area contributed by atoms with Crippen LogP contribution in [0.3, 0.4) is 0 Å². The van der Waals surface area contributed by atoms with Gasteiger partial charge in [-0.15, -0.1) is 0 Å². The van der Waals surface area contributed by atoms with Gasteiger partial charge in [-0.25, -0.2) is 0 Å². The minimum Gasteiger partial charge on any atom is -0.367 e. The lowest BCUT2D eigenvalue weighted by Gasteiger charge is -2.27. The van der Waals surface area contributed by atoms with E-state index in [0.717, 1.165) is 13.1 Å². The Labute approximate surface area is 114 Å². The van der Waals surface area contributed by atoms with Gasteiger partial charge >= 0.3 is 0 Å². The SMILES string of the molecule is CN1CCOC(c2noc(CC(N)C(C)(C)C)n2)C1. The molecule has 19 heavy (non-hydrogen) atoms. The van der Waals surface area contributed by atoms with Crippen molar-refractivity contribution in [3.63, 3.8) is 0 Å². The van der Waals surface area contributed by atoms with Gasteiger partial charge in [0.1, 0.15) is 6.10 Å². The number of hydrogen-bond acceptors (Lipinski definition) is 6. The number of rotatable bonds is 3. The summed E-state index contributed by atoms with van der Waals surface area (Å²) in [6, 6.07) is -0.00394. The van der Waals surface area contributed by atoms with Crippen LogP contribution in [-0.2, 0) is 11.2 Å². The molecule has 108 valence electrons. The molecule has 0 bridgehead atoms. The predicted molar refractivity (Wildman–Crippen MR) is 71.6 cm³/mol. The zero-order chi connectivity index (χ0) is 14.0. The number of morpholine rings is 1. The second kappa shape index (κ2) is 5.56. The van der Waals surface area contributed by atoms with E-state index in [1.54, 1.807) is 0 Å². The van der Waals surface area contributed by atoms with E-state index < -0.39 is 0 Å². The van der Waals surface area contributed by atoms with Gasteiger partial charge in [0.25, 0.3) is 0 Å². The molecule has 6 heteroatoms. The largest absolute Gasteiger partial charge is 0.367 e. The molecule has 1 aliphatic rings. The number of likely N-dealkylation sites (N-methyl/N-ethyl adjacent to an activating group) is 1. The summed E-state index contributed by atoms with van der Waals surface area (Å²) in [7, 11) is 2.06. The highest BCUT2D eigenvalue weighted by molar-refractivity contribution is 4.96. The summed E-state index contributed by atoms with van der Waals surface area (Å²) < 4.78 is 10.9. The minimum atomic E-state index is -0.0953. The Hall–Kier alpha value is -0.980. The highest BCUT2D eigenvalue weighted by atomic mass is 16.5. The van der Waals surface area contributed by atoms with Crippen molar-refractivity contribution in [2.24, 2.45) is 11.1 Å². The van der Waals surface area contributed by atoms with E-state index in [1.165, 1.54) is 0 Å². The predicted octanol–water partition coefficient (Wildman–Crippen LogP) is 0.989. The Bertz CT molecular complexity index is 413.